The Morgan fingerprint density at radius 1 is 1.31 bits per heavy atom. The number of ether oxygens (including phenoxy) is 1. The van der Waals surface area contributed by atoms with Crippen molar-refractivity contribution in [3.8, 4) is 0 Å². The van der Waals surface area contributed by atoms with Crippen molar-refractivity contribution >= 4 is 10.2 Å². The van der Waals surface area contributed by atoms with Gasteiger partial charge in [-0.15, -0.1) is 0 Å². The van der Waals surface area contributed by atoms with Gasteiger partial charge in [0.05, 0.1) is 13.2 Å². The lowest BCUT2D eigenvalue weighted by molar-refractivity contribution is 0.167. The van der Waals surface area contributed by atoms with Gasteiger partial charge in [0, 0.05) is 25.7 Å². The van der Waals surface area contributed by atoms with Gasteiger partial charge < -0.3 is 9.84 Å². The molecular formula is C9H22N2O4S. The summed E-state index contributed by atoms with van der Waals surface area (Å²) in [5.74, 6) is 0. The van der Waals surface area contributed by atoms with Crippen molar-refractivity contribution < 1.29 is 18.3 Å². The molecule has 0 amide bonds. The monoisotopic (exact) mass is 254 g/mol. The van der Waals surface area contributed by atoms with Gasteiger partial charge in [0.15, 0.2) is 0 Å². The van der Waals surface area contributed by atoms with E-state index in [0.717, 1.165) is 0 Å². The summed E-state index contributed by atoms with van der Waals surface area (Å²) in [6, 6.07) is 0. The van der Waals surface area contributed by atoms with E-state index in [1.165, 1.54) is 11.4 Å². The van der Waals surface area contributed by atoms with Crippen LogP contribution < -0.4 is 4.72 Å². The normalized spacial score (nSPS) is 13.4. The third-order valence-electron chi connectivity index (χ3n) is 1.67. The topological polar surface area (TPSA) is 78.9 Å². The Balaban J connectivity index is 4.62. The fourth-order valence-corrected chi connectivity index (χ4v) is 2.65. The van der Waals surface area contributed by atoms with Gasteiger partial charge in [-0.2, -0.15) is 17.4 Å². The Bertz CT molecular complexity index is 284. The molecule has 0 saturated carbocycles. The van der Waals surface area contributed by atoms with Crippen LogP contribution in [0.3, 0.4) is 0 Å². The quantitative estimate of drug-likeness (QED) is 0.645. The molecule has 0 rings (SSSR count). The second-order valence-corrected chi connectivity index (χ2v) is 6.14. The maximum atomic E-state index is 11.9. The molecular weight excluding hydrogens is 232 g/mol. The van der Waals surface area contributed by atoms with Gasteiger partial charge in [-0.1, -0.05) is 0 Å². The van der Waals surface area contributed by atoms with Crippen molar-refractivity contribution in [1.29, 1.82) is 0 Å². The summed E-state index contributed by atoms with van der Waals surface area (Å²) in [5, 5.41) is 8.82. The number of rotatable bonds is 7. The van der Waals surface area contributed by atoms with Crippen LogP contribution in [-0.4, -0.2) is 56.8 Å². The molecule has 0 aliphatic heterocycles. The molecule has 0 spiro atoms. The van der Waals surface area contributed by atoms with Crippen molar-refractivity contribution in [1.82, 2.24) is 9.03 Å². The molecule has 0 bridgehead atoms. The van der Waals surface area contributed by atoms with Crippen LogP contribution in [0.25, 0.3) is 0 Å². The summed E-state index contributed by atoms with van der Waals surface area (Å²) in [6.07, 6.45) is 0. The van der Waals surface area contributed by atoms with E-state index in [4.69, 9.17) is 9.84 Å². The molecule has 98 valence electrons. The first kappa shape index (κ1) is 15.8. The van der Waals surface area contributed by atoms with E-state index in [-0.39, 0.29) is 19.7 Å². The van der Waals surface area contributed by atoms with Crippen LogP contribution >= 0.6 is 0 Å². The van der Waals surface area contributed by atoms with E-state index in [1.54, 1.807) is 20.8 Å². The minimum atomic E-state index is -3.57. The molecule has 6 nitrogen and oxygen atoms in total. The Morgan fingerprint density at radius 2 is 1.88 bits per heavy atom. The summed E-state index contributed by atoms with van der Waals surface area (Å²) in [4.78, 5) is 0. The van der Waals surface area contributed by atoms with Crippen molar-refractivity contribution in [3.05, 3.63) is 0 Å². The van der Waals surface area contributed by atoms with E-state index in [2.05, 4.69) is 4.72 Å². The number of nitrogens with zero attached hydrogens (tertiary/aromatic N) is 1. The molecule has 0 aliphatic carbocycles. The zero-order valence-corrected chi connectivity index (χ0v) is 11.2. The highest BCUT2D eigenvalue weighted by Gasteiger charge is 2.26. The highest BCUT2D eigenvalue weighted by Crippen LogP contribution is 2.06. The van der Waals surface area contributed by atoms with Crippen molar-refractivity contribution in [2.24, 2.45) is 0 Å². The second kappa shape index (κ2) is 6.51. The number of aliphatic hydroxyl groups excluding tert-OH is 1. The molecule has 0 heterocycles. The number of hydrogen-bond donors (Lipinski definition) is 2. The van der Waals surface area contributed by atoms with Gasteiger partial charge in [0.2, 0.25) is 0 Å². The summed E-state index contributed by atoms with van der Waals surface area (Å²) >= 11 is 0. The first-order valence-electron chi connectivity index (χ1n) is 5.12. The molecule has 2 N–H and O–H groups in total. The predicted octanol–water partition coefficient (Wildman–Crippen LogP) is -0.440. The van der Waals surface area contributed by atoms with Gasteiger partial charge in [0.25, 0.3) is 10.2 Å². The van der Waals surface area contributed by atoms with Gasteiger partial charge in [-0.25, -0.2) is 0 Å². The third kappa shape index (κ3) is 6.39. The van der Waals surface area contributed by atoms with Crippen molar-refractivity contribution in [2.75, 3.05) is 33.4 Å². The molecule has 0 aromatic rings. The van der Waals surface area contributed by atoms with Gasteiger partial charge in [0.1, 0.15) is 0 Å². The van der Waals surface area contributed by atoms with Gasteiger partial charge in [-0.3, -0.25) is 0 Å². The molecule has 0 atom stereocenters. The van der Waals surface area contributed by atoms with E-state index >= 15 is 0 Å². The lowest BCUT2D eigenvalue weighted by Crippen LogP contribution is -2.50. The average Bonchev–Trinajstić information content (AvgIpc) is 2.07. The molecule has 0 saturated heterocycles. The minimum Gasteiger partial charge on any atom is -0.395 e. The smallest absolute Gasteiger partial charge is 0.280 e. The summed E-state index contributed by atoms with van der Waals surface area (Å²) in [6.45, 7) is 5.66. The molecule has 0 radical (unpaired) electrons. The molecule has 0 aromatic carbocycles. The lowest BCUT2D eigenvalue weighted by atomic mass is 10.1. The average molecular weight is 254 g/mol. The SMILES string of the molecule is COCCN(CCO)S(=O)(=O)NC(C)(C)C. The highest BCUT2D eigenvalue weighted by molar-refractivity contribution is 7.87. The van der Waals surface area contributed by atoms with Crippen LogP contribution in [0, 0.1) is 0 Å². The minimum absolute atomic E-state index is 0.0643. The van der Waals surface area contributed by atoms with E-state index in [9.17, 15) is 8.42 Å². The van der Waals surface area contributed by atoms with Crippen LogP contribution in [0.2, 0.25) is 0 Å². The van der Waals surface area contributed by atoms with Crippen molar-refractivity contribution in [3.63, 3.8) is 0 Å². The zero-order valence-electron chi connectivity index (χ0n) is 10.4. The van der Waals surface area contributed by atoms with Gasteiger partial charge >= 0.3 is 0 Å². The molecule has 7 heteroatoms. The number of hydrogen-bond acceptors (Lipinski definition) is 4. The first-order valence-corrected chi connectivity index (χ1v) is 6.56. The standard InChI is InChI=1S/C9H22N2O4S/c1-9(2,3)10-16(13,14)11(5-7-12)6-8-15-4/h10,12H,5-8H2,1-4H3. The number of methoxy groups -OCH3 is 1. The van der Waals surface area contributed by atoms with E-state index < -0.39 is 15.7 Å². The van der Waals surface area contributed by atoms with Crippen LogP contribution in [0.5, 0.6) is 0 Å². The van der Waals surface area contributed by atoms with Gasteiger partial charge in [-0.05, 0) is 20.8 Å². The first-order chi connectivity index (χ1) is 7.23. The maximum absolute atomic E-state index is 11.9. The van der Waals surface area contributed by atoms with Crippen LogP contribution in [0.15, 0.2) is 0 Å². The molecule has 0 unspecified atom stereocenters. The Labute approximate surface area is 97.8 Å². The third-order valence-corrected chi connectivity index (χ3v) is 3.58. The number of aliphatic hydroxyl groups is 1. The largest absolute Gasteiger partial charge is 0.395 e. The maximum Gasteiger partial charge on any atom is 0.280 e. The zero-order chi connectivity index (χ0) is 12.8. The summed E-state index contributed by atoms with van der Waals surface area (Å²) in [7, 11) is -2.07. The van der Waals surface area contributed by atoms with Crippen LogP contribution in [-0.2, 0) is 14.9 Å². The fraction of sp³-hybridized carbons (Fsp3) is 1.00. The second-order valence-electron chi connectivity index (χ2n) is 4.47. The molecule has 0 aliphatic rings. The number of nitrogens with one attached hydrogen (secondary N) is 1. The highest BCUT2D eigenvalue weighted by atomic mass is 32.2. The Kier molecular flexibility index (Phi) is 6.42. The lowest BCUT2D eigenvalue weighted by Gasteiger charge is -2.27. The van der Waals surface area contributed by atoms with Crippen LogP contribution in [0.1, 0.15) is 20.8 Å². The Hall–Kier alpha value is -0.210. The Morgan fingerprint density at radius 3 is 2.25 bits per heavy atom. The summed E-state index contributed by atoms with van der Waals surface area (Å²) in [5.41, 5.74) is -0.542. The van der Waals surface area contributed by atoms with Crippen molar-refractivity contribution in [2.45, 2.75) is 26.3 Å². The fourth-order valence-electron chi connectivity index (χ4n) is 1.11. The molecule has 0 fully saturated rings. The molecule has 0 aromatic heterocycles. The molecule has 16 heavy (non-hydrogen) atoms. The van der Waals surface area contributed by atoms with E-state index in [1.807, 2.05) is 0 Å². The predicted molar refractivity (Wildman–Crippen MR) is 62.3 cm³/mol. The van der Waals surface area contributed by atoms with Crippen LogP contribution in [0.4, 0.5) is 0 Å². The van der Waals surface area contributed by atoms with E-state index in [0.29, 0.717) is 6.61 Å². The summed E-state index contributed by atoms with van der Waals surface area (Å²) < 4.78 is 32.3.